The number of hydrogen-bond donors (Lipinski definition) is 1. The Kier molecular flexibility index (Phi) is 8.07. The van der Waals surface area contributed by atoms with E-state index in [9.17, 15) is 4.79 Å². The molecule has 0 heterocycles. The van der Waals surface area contributed by atoms with Crippen LogP contribution >= 0.6 is 23.2 Å². The molecule has 0 saturated heterocycles. The third-order valence-corrected chi connectivity index (χ3v) is 4.51. The summed E-state index contributed by atoms with van der Waals surface area (Å²) in [4.78, 5) is 14.3. The van der Waals surface area contributed by atoms with E-state index < -0.39 is 0 Å². The molecule has 0 radical (unpaired) electrons. The van der Waals surface area contributed by atoms with Gasteiger partial charge in [0.2, 0.25) is 5.91 Å². The van der Waals surface area contributed by atoms with Crippen molar-refractivity contribution in [1.29, 1.82) is 0 Å². The fraction of sp³-hybridized carbons (Fsp3) is 0.350. The van der Waals surface area contributed by atoms with Crippen LogP contribution in [0.1, 0.15) is 26.7 Å². The van der Waals surface area contributed by atoms with Gasteiger partial charge in [0.1, 0.15) is 5.75 Å². The summed E-state index contributed by atoms with van der Waals surface area (Å²) in [5, 5.41) is 3.94. The summed E-state index contributed by atoms with van der Waals surface area (Å²) in [5.74, 6) is 0.537. The minimum Gasteiger partial charge on any atom is -0.492 e. The molecule has 0 spiro atoms. The van der Waals surface area contributed by atoms with Crippen molar-refractivity contribution in [2.45, 2.75) is 26.7 Å². The van der Waals surface area contributed by atoms with Gasteiger partial charge < -0.3 is 15.0 Å². The Labute approximate surface area is 165 Å². The number of hydrogen-bond acceptors (Lipinski definition) is 3. The number of ether oxygens (including phenoxy) is 1. The zero-order chi connectivity index (χ0) is 18.9. The summed E-state index contributed by atoms with van der Waals surface area (Å²) in [6.45, 7) is 6.58. The molecule has 2 aromatic rings. The van der Waals surface area contributed by atoms with Crippen LogP contribution in [0.3, 0.4) is 0 Å². The Morgan fingerprint density at radius 3 is 2.38 bits per heavy atom. The molecular weight excluding hydrogens is 371 g/mol. The van der Waals surface area contributed by atoms with Gasteiger partial charge >= 0.3 is 0 Å². The number of carbonyl (C=O) groups is 1. The number of rotatable bonds is 9. The van der Waals surface area contributed by atoms with Crippen molar-refractivity contribution in [3.8, 4) is 5.75 Å². The second-order valence-corrected chi connectivity index (χ2v) is 6.64. The molecule has 0 fully saturated rings. The van der Waals surface area contributed by atoms with Crippen LogP contribution in [0.4, 0.5) is 11.4 Å². The molecule has 140 valence electrons. The molecular formula is C20H24Cl2N2O2. The normalized spacial score (nSPS) is 10.5. The van der Waals surface area contributed by atoms with Gasteiger partial charge in [-0.05, 0) is 62.7 Å². The quantitative estimate of drug-likeness (QED) is 0.559. The molecule has 0 unspecified atom stereocenters. The number of nitrogens with one attached hydrogen (secondary N) is 1. The summed E-state index contributed by atoms with van der Waals surface area (Å²) < 4.78 is 5.58. The molecule has 2 rings (SSSR count). The SMILES string of the molecule is CCN(CC)c1ccc(NC(=O)CCCOc2ccc(Cl)cc2Cl)cc1. The first-order chi connectivity index (χ1) is 12.5. The summed E-state index contributed by atoms with van der Waals surface area (Å²) in [7, 11) is 0. The highest BCUT2D eigenvalue weighted by Crippen LogP contribution is 2.27. The molecule has 0 saturated carbocycles. The fourth-order valence-electron chi connectivity index (χ4n) is 2.57. The Morgan fingerprint density at radius 1 is 1.08 bits per heavy atom. The smallest absolute Gasteiger partial charge is 0.224 e. The number of halogens is 2. The Balaban J connectivity index is 1.74. The Morgan fingerprint density at radius 2 is 1.77 bits per heavy atom. The average molecular weight is 395 g/mol. The van der Waals surface area contributed by atoms with Gasteiger partial charge in [-0.3, -0.25) is 4.79 Å². The van der Waals surface area contributed by atoms with Gasteiger partial charge in [-0.1, -0.05) is 23.2 Å². The first-order valence-corrected chi connectivity index (χ1v) is 9.51. The largest absolute Gasteiger partial charge is 0.492 e. The fourth-order valence-corrected chi connectivity index (χ4v) is 3.04. The summed E-state index contributed by atoms with van der Waals surface area (Å²) >= 11 is 11.9. The third-order valence-electron chi connectivity index (χ3n) is 3.98. The molecule has 6 heteroatoms. The van der Waals surface area contributed by atoms with Crippen molar-refractivity contribution >= 4 is 40.5 Å². The minimum atomic E-state index is -0.0357. The molecule has 0 aromatic heterocycles. The molecule has 0 aliphatic carbocycles. The van der Waals surface area contributed by atoms with Crippen molar-refractivity contribution in [3.63, 3.8) is 0 Å². The lowest BCUT2D eigenvalue weighted by molar-refractivity contribution is -0.116. The Bertz CT molecular complexity index is 716. The van der Waals surface area contributed by atoms with Gasteiger partial charge in [0.25, 0.3) is 0 Å². The molecule has 1 amide bonds. The molecule has 0 atom stereocenters. The maximum absolute atomic E-state index is 12.0. The van der Waals surface area contributed by atoms with Crippen LogP contribution in [0, 0.1) is 0 Å². The molecule has 0 aliphatic heterocycles. The number of benzene rings is 2. The molecule has 4 nitrogen and oxygen atoms in total. The van der Waals surface area contributed by atoms with Crippen molar-refractivity contribution < 1.29 is 9.53 Å². The van der Waals surface area contributed by atoms with Gasteiger partial charge in [0.05, 0.1) is 11.6 Å². The van der Waals surface area contributed by atoms with Crippen molar-refractivity contribution in [2.75, 3.05) is 29.9 Å². The van der Waals surface area contributed by atoms with Crippen LogP contribution in [-0.2, 0) is 4.79 Å². The van der Waals surface area contributed by atoms with Gasteiger partial charge in [0, 0.05) is 35.9 Å². The van der Waals surface area contributed by atoms with Gasteiger partial charge in [-0.15, -0.1) is 0 Å². The van der Waals surface area contributed by atoms with Crippen LogP contribution in [0.15, 0.2) is 42.5 Å². The first kappa shape index (κ1) is 20.4. The molecule has 0 aliphatic rings. The maximum Gasteiger partial charge on any atom is 0.224 e. The van der Waals surface area contributed by atoms with Crippen LogP contribution in [0.25, 0.3) is 0 Å². The van der Waals surface area contributed by atoms with E-state index in [1.807, 2.05) is 24.3 Å². The Hall–Kier alpha value is -1.91. The van der Waals surface area contributed by atoms with E-state index in [4.69, 9.17) is 27.9 Å². The third kappa shape index (κ3) is 6.11. The first-order valence-electron chi connectivity index (χ1n) is 8.76. The second-order valence-electron chi connectivity index (χ2n) is 5.79. The highest BCUT2D eigenvalue weighted by Gasteiger charge is 2.06. The van der Waals surface area contributed by atoms with E-state index in [-0.39, 0.29) is 5.91 Å². The number of amides is 1. The molecule has 1 N–H and O–H groups in total. The predicted molar refractivity (Wildman–Crippen MR) is 110 cm³/mol. The van der Waals surface area contributed by atoms with Crippen molar-refractivity contribution in [3.05, 3.63) is 52.5 Å². The average Bonchev–Trinajstić information content (AvgIpc) is 2.62. The molecule has 26 heavy (non-hydrogen) atoms. The van der Waals surface area contributed by atoms with E-state index in [1.54, 1.807) is 18.2 Å². The lowest BCUT2D eigenvalue weighted by Gasteiger charge is -2.21. The topological polar surface area (TPSA) is 41.6 Å². The van der Waals surface area contributed by atoms with Gasteiger partial charge in [0.15, 0.2) is 0 Å². The molecule has 0 bridgehead atoms. The molecule has 2 aromatic carbocycles. The lowest BCUT2D eigenvalue weighted by atomic mass is 10.2. The minimum absolute atomic E-state index is 0.0357. The monoisotopic (exact) mass is 394 g/mol. The van der Waals surface area contributed by atoms with Gasteiger partial charge in [-0.25, -0.2) is 0 Å². The zero-order valence-corrected chi connectivity index (χ0v) is 16.6. The van der Waals surface area contributed by atoms with E-state index in [1.165, 1.54) is 0 Å². The predicted octanol–water partition coefficient (Wildman–Crippen LogP) is 5.64. The van der Waals surface area contributed by atoms with Crippen LogP contribution in [0.5, 0.6) is 5.75 Å². The van der Waals surface area contributed by atoms with Crippen molar-refractivity contribution in [1.82, 2.24) is 0 Å². The summed E-state index contributed by atoms with van der Waals surface area (Å²) in [6, 6.07) is 13.0. The second kappa shape index (κ2) is 10.3. The number of carbonyl (C=O) groups excluding carboxylic acids is 1. The van der Waals surface area contributed by atoms with Crippen molar-refractivity contribution in [2.24, 2.45) is 0 Å². The van der Waals surface area contributed by atoms with Crippen LogP contribution in [-0.4, -0.2) is 25.6 Å². The summed E-state index contributed by atoms with van der Waals surface area (Å²) in [5.41, 5.74) is 1.95. The lowest BCUT2D eigenvalue weighted by Crippen LogP contribution is -2.21. The van der Waals surface area contributed by atoms with E-state index >= 15 is 0 Å². The standard InChI is InChI=1S/C20H24Cl2N2O2/c1-3-24(4-2)17-10-8-16(9-11-17)23-20(25)6-5-13-26-19-12-7-15(21)14-18(19)22/h7-12,14H,3-6,13H2,1-2H3,(H,23,25). The van der Waals surface area contributed by atoms with Crippen LogP contribution < -0.4 is 15.0 Å². The maximum atomic E-state index is 12.0. The van der Waals surface area contributed by atoms with Gasteiger partial charge in [-0.2, -0.15) is 0 Å². The highest BCUT2D eigenvalue weighted by atomic mass is 35.5. The number of nitrogens with zero attached hydrogens (tertiary/aromatic N) is 1. The number of anilines is 2. The van der Waals surface area contributed by atoms with E-state index in [2.05, 4.69) is 24.1 Å². The van der Waals surface area contributed by atoms with Crippen LogP contribution in [0.2, 0.25) is 10.0 Å². The highest BCUT2D eigenvalue weighted by molar-refractivity contribution is 6.35. The van der Waals surface area contributed by atoms with E-state index in [0.717, 1.165) is 24.5 Å². The van der Waals surface area contributed by atoms with E-state index in [0.29, 0.717) is 35.2 Å². The summed E-state index contributed by atoms with van der Waals surface area (Å²) in [6.07, 6.45) is 0.978. The zero-order valence-electron chi connectivity index (χ0n) is 15.1.